The fourth-order valence-electron chi connectivity index (χ4n) is 2.05. The molecule has 0 bridgehead atoms. The monoisotopic (exact) mass is 276 g/mol. The third-order valence-corrected chi connectivity index (χ3v) is 3.47. The second-order valence-electron chi connectivity index (χ2n) is 5.67. The number of Topliss-reactive ketones (excluding diaryl/α,β-unsaturated/α-hetero) is 1. The van der Waals surface area contributed by atoms with Gasteiger partial charge in [-0.1, -0.05) is 45.7 Å². The molecule has 0 fully saturated rings. The van der Waals surface area contributed by atoms with Crippen LogP contribution in [-0.4, -0.2) is 12.4 Å². The molecule has 0 heterocycles. The van der Waals surface area contributed by atoms with E-state index in [9.17, 15) is 4.79 Å². The third-order valence-electron chi connectivity index (χ3n) is 3.47. The highest BCUT2D eigenvalue weighted by atomic mass is 16.5. The van der Waals surface area contributed by atoms with Gasteiger partial charge < -0.3 is 4.74 Å². The van der Waals surface area contributed by atoms with Crippen molar-refractivity contribution >= 4 is 5.78 Å². The van der Waals surface area contributed by atoms with Gasteiger partial charge in [0.1, 0.15) is 11.5 Å². The molecule has 1 aromatic rings. The van der Waals surface area contributed by atoms with Crippen LogP contribution in [0.15, 0.2) is 24.3 Å². The Morgan fingerprint density at radius 1 is 1.10 bits per heavy atom. The van der Waals surface area contributed by atoms with E-state index in [-0.39, 0.29) is 5.92 Å². The van der Waals surface area contributed by atoms with E-state index < -0.39 is 0 Å². The number of hydrogen-bond acceptors (Lipinski definition) is 2. The summed E-state index contributed by atoms with van der Waals surface area (Å²) < 4.78 is 5.68. The van der Waals surface area contributed by atoms with Gasteiger partial charge in [0.15, 0.2) is 0 Å². The molecular formula is C18H28O2. The van der Waals surface area contributed by atoms with E-state index in [2.05, 4.69) is 19.1 Å². The maximum absolute atomic E-state index is 11.5. The van der Waals surface area contributed by atoms with E-state index in [1.165, 1.54) is 18.4 Å². The Morgan fingerprint density at radius 3 is 2.40 bits per heavy atom. The number of aryl methyl sites for hydroxylation is 1. The smallest absolute Gasteiger partial charge is 0.135 e. The topological polar surface area (TPSA) is 26.3 Å². The molecule has 0 aliphatic carbocycles. The molecule has 0 aliphatic rings. The standard InChI is InChI=1S/C18H28O2/c1-4-5-6-14-20-17-12-10-16(11-13-17)8-7-9-18(19)15(2)3/h10-13,15H,4-9,14H2,1-3H3. The lowest BCUT2D eigenvalue weighted by Crippen LogP contribution is -2.06. The molecular weight excluding hydrogens is 248 g/mol. The van der Waals surface area contributed by atoms with E-state index in [4.69, 9.17) is 4.74 Å². The Balaban J connectivity index is 2.26. The predicted octanol–water partition coefficient (Wildman–Crippen LogP) is 4.80. The molecule has 112 valence electrons. The molecule has 0 atom stereocenters. The average molecular weight is 276 g/mol. The van der Waals surface area contributed by atoms with E-state index in [1.54, 1.807) is 0 Å². The van der Waals surface area contributed by atoms with E-state index in [1.807, 2.05) is 26.0 Å². The van der Waals surface area contributed by atoms with Crippen LogP contribution in [0.1, 0.15) is 58.4 Å². The molecule has 20 heavy (non-hydrogen) atoms. The van der Waals surface area contributed by atoms with Crippen molar-refractivity contribution in [2.45, 2.75) is 59.3 Å². The van der Waals surface area contributed by atoms with Gasteiger partial charge in [-0.15, -0.1) is 0 Å². The summed E-state index contributed by atoms with van der Waals surface area (Å²) >= 11 is 0. The molecule has 2 nitrogen and oxygen atoms in total. The summed E-state index contributed by atoms with van der Waals surface area (Å²) in [7, 11) is 0. The molecule has 1 rings (SSSR count). The van der Waals surface area contributed by atoms with Crippen LogP contribution in [0.4, 0.5) is 0 Å². The van der Waals surface area contributed by atoms with Crippen LogP contribution in [0.2, 0.25) is 0 Å². The zero-order valence-electron chi connectivity index (χ0n) is 13.2. The summed E-state index contributed by atoms with van der Waals surface area (Å²) in [4.78, 5) is 11.5. The minimum atomic E-state index is 0.161. The van der Waals surface area contributed by atoms with Crippen molar-refractivity contribution in [2.75, 3.05) is 6.61 Å². The minimum absolute atomic E-state index is 0.161. The van der Waals surface area contributed by atoms with Gasteiger partial charge in [-0.25, -0.2) is 0 Å². The van der Waals surface area contributed by atoms with Gasteiger partial charge in [0.05, 0.1) is 6.61 Å². The molecule has 0 unspecified atom stereocenters. The molecule has 0 N–H and O–H groups in total. The summed E-state index contributed by atoms with van der Waals surface area (Å²) in [6.07, 6.45) is 6.16. The normalized spacial score (nSPS) is 10.8. The van der Waals surface area contributed by atoms with Gasteiger partial charge in [0, 0.05) is 12.3 Å². The fourth-order valence-corrected chi connectivity index (χ4v) is 2.05. The first-order chi connectivity index (χ1) is 9.63. The molecule has 0 aromatic heterocycles. The number of carbonyl (C=O) groups is 1. The van der Waals surface area contributed by atoms with Crippen molar-refractivity contribution in [3.63, 3.8) is 0 Å². The highest BCUT2D eigenvalue weighted by Gasteiger charge is 2.06. The summed E-state index contributed by atoms with van der Waals surface area (Å²) in [5.41, 5.74) is 1.28. The van der Waals surface area contributed by atoms with Gasteiger partial charge in [-0.3, -0.25) is 4.79 Å². The van der Waals surface area contributed by atoms with Crippen LogP contribution in [0.3, 0.4) is 0 Å². The van der Waals surface area contributed by atoms with Crippen molar-refractivity contribution in [2.24, 2.45) is 5.92 Å². The lowest BCUT2D eigenvalue weighted by molar-refractivity contribution is -0.121. The summed E-state index contributed by atoms with van der Waals surface area (Å²) in [5, 5.41) is 0. The number of hydrogen-bond donors (Lipinski definition) is 0. The number of carbonyl (C=O) groups excluding carboxylic acids is 1. The Kier molecular flexibility index (Phi) is 8.01. The van der Waals surface area contributed by atoms with E-state index in [0.29, 0.717) is 12.2 Å². The zero-order valence-corrected chi connectivity index (χ0v) is 13.2. The first kappa shape index (κ1) is 16.7. The van der Waals surface area contributed by atoms with E-state index in [0.717, 1.165) is 31.6 Å². The van der Waals surface area contributed by atoms with Crippen LogP contribution >= 0.6 is 0 Å². The van der Waals surface area contributed by atoms with Gasteiger partial charge in [0.2, 0.25) is 0 Å². The van der Waals surface area contributed by atoms with Crippen LogP contribution in [0.25, 0.3) is 0 Å². The molecule has 0 aliphatic heterocycles. The van der Waals surface area contributed by atoms with Gasteiger partial charge in [-0.2, -0.15) is 0 Å². The second-order valence-corrected chi connectivity index (χ2v) is 5.67. The molecule has 1 aromatic carbocycles. The first-order valence-electron chi connectivity index (χ1n) is 7.88. The van der Waals surface area contributed by atoms with Crippen LogP contribution in [-0.2, 0) is 11.2 Å². The number of ether oxygens (including phenoxy) is 1. The number of rotatable bonds is 10. The Bertz CT molecular complexity index is 379. The van der Waals surface area contributed by atoms with Crippen molar-refractivity contribution < 1.29 is 9.53 Å². The molecule has 0 saturated carbocycles. The van der Waals surface area contributed by atoms with Crippen LogP contribution in [0.5, 0.6) is 5.75 Å². The average Bonchev–Trinajstić information content (AvgIpc) is 2.45. The largest absolute Gasteiger partial charge is 0.494 e. The molecule has 0 amide bonds. The predicted molar refractivity (Wildman–Crippen MR) is 84.2 cm³/mol. The van der Waals surface area contributed by atoms with Crippen LogP contribution in [0, 0.1) is 5.92 Å². The SMILES string of the molecule is CCCCCOc1ccc(CCCC(=O)C(C)C)cc1. The number of unbranched alkanes of at least 4 members (excludes halogenated alkanes) is 2. The maximum Gasteiger partial charge on any atom is 0.135 e. The highest BCUT2D eigenvalue weighted by Crippen LogP contribution is 2.15. The molecule has 0 radical (unpaired) electrons. The summed E-state index contributed by atoms with van der Waals surface area (Å²) in [6, 6.07) is 8.28. The Hall–Kier alpha value is -1.31. The van der Waals surface area contributed by atoms with Crippen molar-refractivity contribution in [3.05, 3.63) is 29.8 Å². The van der Waals surface area contributed by atoms with Crippen molar-refractivity contribution in [1.29, 1.82) is 0 Å². The quantitative estimate of drug-likeness (QED) is 0.574. The third kappa shape index (κ3) is 6.74. The highest BCUT2D eigenvalue weighted by molar-refractivity contribution is 5.80. The van der Waals surface area contributed by atoms with Crippen molar-refractivity contribution in [1.82, 2.24) is 0 Å². The Labute approximate surface area is 123 Å². The number of benzene rings is 1. The van der Waals surface area contributed by atoms with E-state index >= 15 is 0 Å². The molecule has 2 heteroatoms. The summed E-state index contributed by atoms with van der Waals surface area (Å²) in [6.45, 7) is 6.93. The molecule has 0 spiro atoms. The number of ketones is 1. The first-order valence-corrected chi connectivity index (χ1v) is 7.88. The Morgan fingerprint density at radius 2 is 1.80 bits per heavy atom. The minimum Gasteiger partial charge on any atom is -0.494 e. The lowest BCUT2D eigenvalue weighted by Gasteiger charge is -2.07. The van der Waals surface area contributed by atoms with Gasteiger partial charge >= 0.3 is 0 Å². The zero-order chi connectivity index (χ0) is 14.8. The lowest BCUT2D eigenvalue weighted by atomic mass is 10.0. The van der Waals surface area contributed by atoms with Gasteiger partial charge in [0.25, 0.3) is 0 Å². The summed E-state index contributed by atoms with van der Waals surface area (Å²) in [5.74, 6) is 1.47. The maximum atomic E-state index is 11.5. The molecule has 0 saturated heterocycles. The van der Waals surface area contributed by atoms with Gasteiger partial charge in [-0.05, 0) is 37.0 Å². The van der Waals surface area contributed by atoms with Crippen molar-refractivity contribution in [3.8, 4) is 5.75 Å². The van der Waals surface area contributed by atoms with Crippen LogP contribution < -0.4 is 4.74 Å². The fraction of sp³-hybridized carbons (Fsp3) is 0.611. The second kappa shape index (κ2) is 9.57.